The Morgan fingerprint density at radius 1 is 1.37 bits per heavy atom. The lowest BCUT2D eigenvalue weighted by atomic mass is 10.0. The van der Waals surface area contributed by atoms with E-state index < -0.39 is 0 Å². The minimum Gasteiger partial charge on any atom is -0.336 e. The van der Waals surface area contributed by atoms with Gasteiger partial charge in [-0.25, -0.2) is 0 Å². The summed E-state index contributed by atoms with van der Waals surface area (Å²) in [7, 11) is 2.08. The molecule has 1 aromatic carbocycles. The molecule has 1 aliphatic heterocycles. The molecule has 0 radical (unpaired) electrons. The number of nitrogens with zero attached hydrogens (tertiary/aromatic N) is 2. The topological polar surface area (TPSA) is 49.6 Å². The smallest absolute Gasteiger partial charge is 0.227 e. The average molecular weight is 261 g/mol. The van der Waals surface area contributed by atoms with Gasteiger partial charge in [0.15, 0.2) is 0 Å². The normalized spacial score (nSPS) is 20.6. The van der Waals surface area contributed by atoms with E-state index in [9.17, 15) is 4.79 Å². The fraction of sp³-hybridized carbons (Fsp3) is 0.533. The number of hydrogen-bond acceptors (Lipinski definition) is 3. The quantitative estimate of drug-likeness (QED) is 0.868. The van der Waals surface area contributed by atoms with Crippen LogP contribution in [0.1, 0.15) is 11.1 Å². The van der Waals surface area contributed by atoms with Gasteiger partial charge in [-0.15, -0.1) is 0 Å². The summed E-state index contributed by atoms with van der Waals surface area (Å²) >= 11 is 0. The maximum absolute atomic E-state index is 12.4. The van der Waals surface area contributed by atoms with Crippen LogP contribution >= 0.6 is 0 Å². The second kappa shape index (κ2) is 6.17. The van der Waals surface area contributed by atoms with Crippen LogP contribution in [0, 0.1) is 6.92 Å². The van der Waals surface area contributed by atoms with Crippen LogP contribution in [0.25, 0.3) is 0 Å². The largest absolute Gasteiger partial charge is 0.336 e. The maximum Gasteiger partial charge on any atom is 0.227 e. The molecule has 2 N–H and O–H groups in total. The zero-order valence-corrected chi connectivity index (χ0v) is 11.8. The van der Waals surface area contributed by atoms with Crippen LogP contribution in [0.4, 0.5) is 0 Å². The molecule has 19 heavy (non-hydrogen) atoms. The Kier molecular flexibility index (Phi) is 4.56. The molecule has 1 saturated heterocycles. The van der Waals surface area contributed by atoms with E-state index in [0.717, 1.165) is 25.2 Å². The lowest BCUT2D eigenvalue weighted by Gasteiger charge is -2.39. The fourth-order valence-electron chi connectivity index (χ4n) is 2.61. The molecule has 1 atom stereocenters. The van der Waals surface area contributed by atoms with E-state index in [-0.39, 0.29) is 11.9 Å². The zero-order chi connectivity index (χ0) is 13.8. The molecule has 1 aliphatic rings. The van der Waals surface area contributed by atoms with Crippen LogP contribution < -0.4 is 5.73 Å². The number of carbonyl (C=O) groups excluding carboxylic acids is 1. The van der Waals surface area contributed by atoms with E-state index in [1.807, 2.05) is 36.1 Å². The summed E-state index contributed by atoms with van der Waals surface area (Å²) in [5.41, 5.74) is 8.08. The van der Waals surface area contributed by atoms with E-state index in [2.05, 4.69) is 11.9 Å². The van der Waals surface area contributed by atoms with Crippen LogP contribution in [0.3, 0.4) is 0 Å². The van der Waals surface area contributed by atoms with Gasteiger partial charge in [-0.1, -0.05) is 24.3 Å². The van der Waals surface area contributed by atoms with Gasteiger partial charge in [-0.05, 0) is 25.1 Å². The molecule has 1 amide bonds. The van der Waals surface area contributed by atoms with Gasteiger partial charge in [0, 0.05) is 26.2 Å². The van der Waals surface area contributed by atoms with Crippen molar-refractivity contribution in [1.29, 1.82) is 0 Å². The molecule has 0 aliphatic carbocycles. The van der Waals surface area contributed by atoms with E-state index in [0.29, 0.717) is 13.0 Å². The van der Waals surface area contributed by atoms with Gasteiger partial charge < -0.3 is 15.5 Å². The highest BCUT2D eigenvalue weighted by molar-refractivity contribution is 5.79. The van der Waals surface area contributed by atoms with Gasteiger partial charge in [0.05, 0.1) is 12.5 Å². The van der Waals surface area contributed by atoms with E-state index in [1.54, 1.807) is 0 Å². The van der Waals surface area contributed by atoms with Crippen molar-refractivity contribution < 1.29 is 4.79 Å². The molecule has 0 aromatic heterocycles. The van der Waals surface area contributed by atoms with Gasteiger partial charge in [0.2, 0.25) is 5.91 Å². The SMILES string of the molecule is Cc1ccccc1CC(=O)N1CCN(C)CC1CN. The number of rotatable bonds is 3. The molecule has 0 saturated carbocycles. The Balaban J connectivity index is 2.05. The highest BCUT2D eigenvalue weighted by atomic mass is 16.2. The van der Waals surface area contributed by atoms with Gasteiger partial charge in [0.25, 0.3) is 0 Å². The van der Waals surface area contributed by atoms with Crippen molar-refractivity contribution in [3.63, 3.8) is 0 Å². The molecule has 1 unspecified atom stereocenters. The summed E-state index contributed by atoms with van der Waals surface area (Å²) in [4.78, 5) is 16.6. The number of carbonyl (C=O) groups is 1. The molecule has 1 heterocycles. The number of benzene rings is 1. The second-order valence-corrected chi connectivity index (χ2v) is 5.34. The summed E-state index contributed by atoms with van der Waals surface area (Å²) in [5.74, 6) is 0.192. The molecule has 0 bridgehead atoms. The average Bonchev–Trinajstić information content (AvgIpc) is 2.41. The molecule has 0 spiro atoms. The summed E-state index contributed by atoms with van der Waals surface area (Å²) in [6.07, 6.45) is 0.479. The second-order valence-electron chi connectivity index (χ2n) is 5.34. The Morgan fingerprint density at radius 2 is 2.11 bits per heavy atom. The van der Waals surface area contributed by atoms with E-state index in [1.165, 1.54) is 5.56 Å². The number of nitrogens with two attached hydrogens (primary N) is 1. The van der Waals surface area contributed by atoms with Gasteiger partial charge in [-0.2, -0.15) is 0 Å². The first-order chi connectivity index (χ1) is 9.11. The van der Waals surface area contributed by atoms with Crippen molar-refractivity contribution in [2.75, 3.05) is 33.2 Å². The lowest BCUT2D eigenvalue weighted by Crippen LogP contribution is -2.57. The summed E-state index contributed by atoms with van der Waals surface area (Å²) in [6, 6.07) is 8.21. The monoisotopic (exact) mass is 261 g/mol. The van der Waals surface area contributed by atoms with Crippen molar-refractivity contribution in [2.45, 2.75) is 19.4 Å². The van der Waals surface area contributed by atoms with Crippen molar-refractivity contribution in [3.05, 3.63) is 35.4 Å². The molecule has 1 fully saturated rings. The molecule has 4 nitrogen and oxygen atoms in total. The predicted octanol–water partition coefficient (Wildman–Crippen LogP) is 0.639. The van der Waals surface area contributed by atoms with Crippen molar-refractivity contribution in [2.24, 2.45) is 5.73 Å². The molecular weight excluding hydrogens is 238 g/mol. The summed E-state index contributed by atoms with van der Waals surface area (Å²) in [6.45, 7) is 5.16. The van der Waals surface area contributed by atoms with Gasteiger partial charge in [0.1, 0.15) is 0 Å². The standard InChI is InChI=1S/C15H23N3O/c1-12-5-3-4-6-13(12)9-15(19)18-8-7-17(2)11-14(18)10-16/h3-6,14H,7-11,16H2,1-2H3. The minimum atomic E-state index is 0.148. The van der Waals surface area contributed by atoms with Crippen LogP contribution in [0.5, 0.6) is 0 Å². The number of hydrogen-bond donors (Lipinski definition) is 1. The molecule has 1 aromatic rings. The molecule has 4 heteroatoms. The van der Waals surface area contributed by atoms with E-state index >= 15 is 0 Å². The number of amides is 1. The summed E-state index contributed by atoms with van der Waals surface area (Å²) < 4.78 is 0. The van der Waals surface area contributed by atoms with E-state index in [4.69, 9.17) is 5.73 Å². The molecular formula is C15H23N3O. The Hall–Kier alpha value is -1.39. The van der Waals surface area contributed by atoms with Gasteiger partial charge in [-0.3, -0.25) is 4.79 Å². The predicted molar refractivity (Wildman–Crippen MR) is 76.9 cm³/mol. The fourth-order valence-corrected chi connectivity index (χ4v) is 2.61. The van der Waals surface area contributed by atoms with Crippen LogP contribution in [0.2, 0.25) is 0 Å². The highest BCUT2D eigenvalue weighted by Gasteiger charge is 2.27. The van der Waals surface area contributed by atoms with Crippen LogP contribution in [-0.2, 0) is 11.2 Å². The zero-order valence-electron chi connectivity index (χ0n) is 11.8. The highest BCUT2D eigenvalue weighted by Crippen LogP contribution is 2.13. The van der Waals surface area contributed by atoms with Crippen molar-refractivity contribution in [1.82, 2.24) is 9.80 Å². The van der Waals surface area contributed by atoms with Crippen molar-refractivity contribution in [3.8, 4) is 0 Å². The van der Waals surface area contributed by atoms with Crippen molar-refractivity contribution >= 4 is 5.91 Å². The number of aryl methyl sites for hydroxylation is 1. The third kappa shape index (κ3) is 3.33. The first kappa shape index (κ1) is 14.0. The minimum absolute atomic E-state index is 0.148. The first-order valence-electron chi connectivity index (χ1n) is 6.84. The Morgan fingerprint density at radius 3 is 2.79 bits per heavy atom. The third-order valence-electron chi connectivity index (χ3n) is 3.88. The van der Waals surface area contributed by atoms with Crippen LogP contribution in [0.15, 0.2) is 24.3 Å². The maximum atomic E-state index is 12.4. The number of likely N-dealkylation sites (N-methyl/N-ethyl adjacent to an activating group) is 1. The van der Waals surface area contributed by atoms with Gasteiger partial charge >= 0.3 is 0 Å². The molecule has 104 valence electrons. The number of piperazine rings is 1. The first-order valence-corrected chi connectivity index (χ1v) is 6.84. The Labute approximate surface area is 115 Å². The Bertz CT molecular complexity index is 447. The molecule has 2 rings (SSSR count). The summed E-state index contributed by atoms with van der Waals surface area (Å²) in [5, 5.41) is 0. The third-order valence-corrected chi connectivity index (χ3v) is 3.88. The lowest BCUT2D eigenvalue weighted by molar-refractivity contribution is -0.134. The van der Waals surface area contributed by atoms with Crippen LogP contribution in [-0.4, -0.2) is 55.0 Å².